The fourth-order valence-corrected chi connectivity index (χ4v) is 7.10. The number of phenolic OH excluding ortho intramolecular Hbond substituents is 1. The number of ether oxygens (including phenoxy) is 1. The molecule has 4 aliphatic rings. The maximum absolute atomic E-state index is 12.9. The third-order valence-corrected chi connectivity index (χ3v) is 8.02. The number of carbonyl (C=O) groups excluding carboxylic acids is 1. The van der Waals surface area contributed by atoms with Gasteiger partial charge in [-0.15, -0.1) is 0 Å². The molecule has 0 heterocycles. The van der Waals surface area contributed by atoms with Crippen molar-refractivity contribution in [1.29, 1.82) is 0 Å². The van der Waals surface area contributed by atoms with E-state index in [1.807, 2.05) is 12.1 Å². The Kier molecular flexibility index (Phi) is 4.42. The average molecular weight is 395 g/mol. The van der Waals surface area contributed by atoms with Crippen LogP contribution < -0.4 is 4.74 Å². The van der Waals surface area contributed by atoms with Crippen molar-refractivity contribution in [1.82, 2.24) is 0 Å². The van der Waals surface area contributed by atoms with Gasteiger partial charge >= 0.3 is 0 Å². The summed E-state index contributed by atoms with van der Waals surface area (Å²) in [5, 5.41) is 9.49. The first kappa shape index (κ1) is 18.1. The zero-order valence-corrected chi connectivity index (χ0v) is 17.0. The first-order valence-corrected chi connectivity index (χ1v) is 11.1. The van der Waals surface area contributed by atoms with E-state index in [0.29, 0.717) is 0 Å². The van der Waals surface area contributed by atoms with E-state index in [-0.39, 0.29) is 16.3 Å². The quantitative estimate of drug-likeness (QED) is 0.666. The molecule has 3 nitrogen and oxygen atoms in total. The number of aromatic hydroxyl groups is 1. The number of phenols is 1. The summed E-state index contributed by atoms with van der Waals surface area (Å²) in [5.74, 6) is 3.70. The first-order chi connectivity index (χ1) is 13.5. The highest BCUT2D eigenvalue weighted by atomic mass is 32.2. The van der Waals surface area contributed by atoms with Gasteiger partial charge in [0.2, 0.25) is 5.12 Å². The molecule has 4 aliphatic carbocycles. The second-order valence-electron chi connectivity index (χ2n) is 9.00. The third-order valence-electron chi connectivity index (χ3n) is 7.09. The van der Waals surface area contributed by atoms with E-state index in [1.54, 1.807) is 31.4 Å². The van der Waals surface area contributed by atoms with Crippen molar-refractivity contribution in [3.8, 4) is 11.5 Å². The molecule has 0 amide bonds. The zero-order valence-electron chi connectivity index (χ0n) is 16.2. The van der Waals surface area contributed by atoms with Crippen LogP contribution in [-0.2, 0) is 5.41 Å². The van der Waals surface area contributed by atoms with E-state index in [9.17, 15) is 9.90 Å². The van der Waals surface area contributed by atoms with E-state index >= 15 is 0 Å². The highest BCUT2D eigenvalue weighted by Gasteiger charge is 2.52. The Morgan fingerprint density at radius 3 is 2.18 bits per heavy atom. The average Bonchev–Trinajstić information content (AvgIpc) is 2.68. The van der Waals surface area contributed by atoms with Gasteiger partial charge in [0.1, 0.15) is 11.5 Å². The summed E-state index contributed by atoms with van der Waals surface area (Å²) < 4.78 is 5.76. The van der Waals surface area contributed by atoms with Crippen LogP contribution in [0.15, 0.2) is 47.4 Å². The lowest BCUT2D eigenvalue weighted by molar-refractivity contribution is -0.00616. The summed E-state index contributed by atoms with van der Waals surface area (Å²) >= 11 is 1.21. The molecule has 4 heteroatoms. The van der Waals surface area contributed by atoms with Gasteiger partial charge in [0, 0.05) is 16.0 Å². The van der Waals surface area contributed by atoms with Crippen LogP contribution in [0.3, 0.4) is 0 Å². The van der Waals surface area contributed by atoms with Gasteiger partial charge in [-0.1, -0.05) is 0 Å². The van der Waals surface area contributed by atoms with Crippen LogP contribution in [0.1, 0.15) is 54.4 Å². The first-order valence-electron chi connectivity index (χ1n) is 10.2. The molecule has 4 saturated carbocycles. The molecule has 2 aromatic rings. The number of hydrogen-bond acceptors (Lipinski definition) is 4. The largest absolute Gasteiger partial charge is 0.508 e. The molecule has 28 heavy (non-hydrogen) atoms. The zero-order chi connectivity index (χ0) is 19.3. The van der Waals surface area contributed by atoms with Crippen molar-refractivity contribution in [2.24, 2.45) is 17.8 Å². The predicted molar refractivity (Wildman–Crippen MR) is 111 cm³/mol. The fourth-order valence-electron chi connectivity index (χ4n) is 6.37. The minimum atomic E-state index is 0.0410. The van der Waals surface area contributed by atoms with Gasteiger partial charge in [0.05, 0.1) is 7.11 Å². The minimum absolute atomic E-state index is 0.0410. The maximum Gasteiger partial charge on any atom is 0.224 e. The summed E-state index contributed by atoms with van der Waals surface area (Å²) in [6.07, 6.45) is 7.94. The molecule has 0 aromatic heterocycles. The van der Waals surface area contributed by atoms with Gasteiger partial charge in [-0.3, -0.25) is 4.79 Å². The highest BCUT2D eigenvalue weighted by Crippen LogP contribution is 2.62. The molecule has 6 rings (SSSR count). The third kappa shape index (κ3) is 3.12. The highest BCUT2D eigenvalue weighted by molar-refractivity contribution is 8.14. The smallest absolute Gasteiger partial charge is 0.224 e. The number of methoxy groups -OCH3 is 1. The fraction of sp³-hybridized carbons (Fsp3) is 0.458. The molecule has 0 aliphatic heterocycles. The molecular weight excluding hydrogens is 368 g/mol. The molecule has 1 N–H and O–H groups in total. The molecule has 0 spiro atoms. The van der Waals surface area contributed by atoms with Crippen molar-refractivity contribution in [3.05, 3.63) is 53.6 Å². The molecular formula is C24H26O3S. The second kappa shape index (κ2) is 6.84. The Balaban J connectivity index is 1.47. The Hall–Kier alpha value is -1.94. The predicted octanol–water partition coefficient (Wildman–Crippen LogP) is 5.80. The normalized spacial score (nSPS) is 30.4. The summed E-state index contributed by atoms with van der Waals surface area (Å²) in [5.41, 5.74) is 2.19. The standard InChI is InChI=1S/C24H26O3S/c1-27-22-7-2-18(23(26)28-20-5-3-19(25)4-6-20)11-21(22)24-12-15-8-16(13-24)10-17(9-15)14-24/h2-7,11,15-17,25H,8-10,12-14H2,1H3. The Morgan fingerprint density at radius 2 is 1.61 bits per heavy atom. The molecule has 4 fully saturated rings. The Bertz CT molecular complexity index is 867. The van der Waals surface area contributed by atoms with E-state index in [0.717, 1.165) is 34.0 Å². The van der Waals surface area contributed by atoms with Crippen LogP contribution in [0, 0.1) is 17.8 Å². The Labute approximate surface area is 170 Å². The van der Waals surface area contributed by atoms with E-state index in [1.165, 1.54) is 55.9 Å². The number of hydrogen-bond donors (Lipinski definition) is 1. The van der Waals surface area contributed by atoms with Gasteiger partial charge in [-0.2, -0.15) is 0 Å². The number of rotatable bonds is 4. The number of thioether (sulfide) groups is 1. The van der Waals surface area contributed by atoms with Crippen molar-refractivity contribution < 1.29 is 14.6 Å². The number of benzene rings is 2. The summed E-state index contributed by atoms with van der Waals surface area (Å²) in [4.78, 5) is 13.8. The molecule has 146 valence electrons. The van der Waals surface area contributed by atoms with Crippen LogP contribution in [0.4, 0.5) is 0 Å². The van der Waals surface area contributed by atoms with Crippen LogP contribution in [0.5, 0.6) is 11.5 Å². The minimum Gasteiger partial charge on any atom is -0.508 e. The number of carbonyl (C=O) groups is 1. The second-order valence-corrected chi connectivity index (χ2v) is 10.0. The van der Waals surface area contributed by atoms with Gasteiger partial charge in [0.15, 0.2) is 0 Å². The van der Waals surface area contributed by atoms with Crippen molar-refractivity contribution in [2.75, 3.05) is 7.11 Å². The van der Waals surface area contributed by atoms with Crippen molar-refractivity contribution >= 4 is 16.9 Å². The van der Waals surface area contributed by atoms with Gasteiger partial charge in [0.25, 0.3) is 0 Å². The monoisotopic (exact) mass is 394 g/mol. The van der Waals surface area contributed by atoms with Gasteiger partial charge in [-0.05, 0) is 116 Å². The van der Waals surface area contributed by atoms with Gasteiger partial charge < -0.3 is 9.84 Å². The summed E-state index contributed by atoms with van der Waals surface area (Å²) in [6, 6.07) is 12.8. The topological polar surface area (TPSA) is 46.5 Å². The van der Waals surface area contributed by atoms with Crippen LogP contribution in [0.2, 0.25) is 0 Å². The van der Waals surface area contributed by atoms with Crippen LogP contribution in [-0.4, -0.2) is 17.3 Å². The molecule has 4 bridgehead atoms. The lowest BCUT2D eigenvalue weighted by Crippen LogP contribution is -2.48. The summed E-state index contributed by atoms with van der Waals surface area (Å²) in [7, 11) is 1.74. The Morgan fingerprint density at radius 1 is 1.00 bits per heavy atom. The molecule has 0 unspecified atom stereocenters. The lowest BCUT2D eigenvalue weighted by atomic mass is 9.48. The van der Waals surface area contributed by atoms with E-state index < -0.39 is 0 Å². The van der Waals surface area contributed by atoms with Crippen LogP contribution in [0.25, 0.3) is 0 Å². The molecule has 2 aromatic carbocycles. The summed E-state index contributed by atoms with van der Waals surface area (Å²) in [6.45, 7) is 0. The van der Waals surface area contributed by atoms with Gasteiger partial charge in [-0.25, -0.2) is 0 Å². The lowest BCUT2D eigenvalue weighted by Gasteiger charge is -2.57. The van der Waals surface area contributed by atoms with Crippen molar-refractivity contribution in [2.45, 2.75) is 48.8 Å². The molecule has 0 atom stereocenters. The molecule has 0 radical (unpaired) electrons. The molecule has 0 saturated heterocycles. The SMILES string of the molecule is COc1ccc(C(=O)Sc2ccc(O)cc2)cc1C12CC3CC(CC(C3)C1)C2. The maximum atomic E-state index is 12.9. The van der Waals surface area contributed by atoms with E-state index in [2.05, 4.69) is 6.07 Å². The van der Waals surface area contributed by atoms with Crippen LogP contribution >= 0.6 is 11.8 Å². The van der Waals surface area contributed by atoms with Crippen molar-refractivity contribution in [3.63, 3.8) is 0 Å². The van der Waals surface area contributed by atoms with E-state index in [4.69, 9.17) is 4.74 Å².